The van der Waals surface area contributed by atoms with Crippen LogP contribution >= 0.6 is 23.2 Å². The molecule has 1 aliphatic carbocycles. The highest BCUT2D eigenvalue weighted by atomic mass is 35.5. The fourth-order valence-electron chi connectivity index (χ4n) is 5.85. The Hall–Kier alpha value is -3.84. The second-order valence-electron chi connectivity index (χ2n) is 11.0. The average Bonchev–Trinajstić information content (AvgIpc) is 3.60. The minimum absolute atomic E-state index is 0.0616. The minimum Gasteiger partial charge on any atom is -0.494 e. The molecule has 0 radical (unpaired) electrons. The van der Waals surface area contributed by atoms with Crippen LogP contribution in [0.25, 0.3) is 0 Å². The Labute approximate surface area is 261 Å². The van der Waals surface area contributed by atoms with Crippen molar-refractivity contribution in [3.05, 3.63) is 135 Å². The van der Waals surface area contributed by atoms with Gasteiger partial charge in [-0.2, -0.15) is 0 Å². The van der Waals surface area contributed by atoms with Gasteiger partial charge in [0.15, 0.2) is 11.6 Å². The van der Waals surface area contributed by atoms with Crippen molar-refractivity contribution in [1.29, 1.82) is 0 Å². The van der Waals surface area contributed by atoms with E-state index in [1.807, 2.05) is 72.8 Å². The zero-order valence-corrected chi connectivity index (χ0v) is 25.0. The molecule has 1 amide bonds. The van der Waals surface area contributed by atoms with Crippen LogP contribution in [-0.4, -0.2) is 41.7 Å². The van der Waals surface area contributed by atoms with Crippen molar-refractivity contribution >= 4 is 35.0 Å². The van der Waals surface area contributed by atoms with Crippen LogP contribution in [0.5, 0.6) is 5.75 Å². The maximum absolute atomic E-state index is 14.6. The van der Waals surface area contributed by atoms with Gasteiger partial charge in [-0.25, -0.2) is 4.99 Å². The van der Waals surface area contributed by atoms with E-state index in [1.165, 1.54) is 11.1 Å². The van der Waals surface area contributed by atoms with Gasteiger partial charge in [-0.3, -0.25) is 4.79 Å². The lowest BCUT2D eigenvalue weighted by Gasteiger charge is -2.32. The molecule has 2 aliphatic rings. The number of benzene rings is 4. The first-order chi connectivity index (χ1) is 20.9. The molecular weight excluding hydrogens is 583 g/mol. The van der Waals surface area contributed by atoms with E-state index in [4.69, 9.17) is 42.8 Å². The van der Waals surface area contributed by atoms with Gasteiger partial charge in [0.05, 0.1) is 6.61 Å². The molecule has 8 heteroatoms. The maximum Gasteiger partial charge on any atom is 0.252 e. The summed E-state index contributed by atoms with van der Waals surface area (Å²) in [7, 11) is 0. The maximum atomic E-state index is 14.6. The van der Waals surface area contributed by atoms with E-state index in [2.05, 4.69) is 17.4 Å². The van der Waals surface area contributed by atoms with Crippen LogP contribution < -0.4 is 10.1 Å². The SMILES string of the molecule is O=C(NC1Cc2ccccc2C1)[C@]1(Cc2ccccc2)N=C(c2ccc(OCCCO)cc2)O[C@@H]1c1ccc(Cl)cc1Cl. The Morgan fingerprint density at radius 3 is 2.33 bits per heavy atom. The van der Waals surface area contributed by atoms with Gasteiger partial charge >= 0.3 is 0 Å². The molecule has 1 aliphatic heterocycles. The molecule has 1 heterocycles. The summed E-state index contributed by atoms with van der Waals surface area (Å²) in [6.07, 6.45) is 1.55. The number of nitrogens with zero attached hydrogens (tertiary/aromatic N) is 1. The van der Waals surface area contributed by atoms with E-state index in [0.29, 0.717) is 52.3 Å². The van der Waals surface area contributed by atoms with Crippen LogP contribution in [0.2, 0.25) is 10.0 Å². The fourth-order valence-corrected chi connectivity index (χ4v) is 6.36. The molecule has 4 aromatic carbocycles. The first kappa shape index (κ1) is 29.2. The van der Waals surface area contributed by atoms with Gasteiger partial charge < -0.3 is 19.9 Å². The Morgan fingerprint density at radius 2 is 1.65 bits per heavy atom. The van der Waals surface area contributed by atoms with Gasteiger partial charge in [-0.15, -0.1) is 0 Å². The Balaban J connectivity index is 1.40. The predicted molar refractivity (Wildman–Crippen MR) is 169 cm³/mol. The minimum atomic E-state index is -1.35. The highest BCUT2D eigenvalue weighted by Crippen LogP contribution is 2.45. The van der Waals surface area contributed by atoms with Gasteiger partial charge in [0.2, 0.25) is 5.90 Å². The molecule has 0 aromatic heterocycles. The predicted octanol–water partition coefficient (Wildman–Crippen LogP) is 6.54. The molecular formula is C35H32Cl2N2O4. The largest absolute Gasteiger partial charge is 0.494 e. The molecule has 0 saturated heterocycles. The first-order valence-corrected chi connectivity index (χ1v) is 15.2. The third-order valence-electron chi connectivity index (χ3n) is 7.98. The first-order valence-electron chi connectivity index (χ1n) is 14.4. The average molecular weight is 616 g/mol. The molecule has 2 atom stereocenters. The zero-order valence-electron chi connectivity index (χ0n) is 23.5. The quantitative estimate of drug-likeness (QED) is 0.199. The number of nitrogens with one attached hydrogen (secondary N) is 1. The summed E-state index contributed by atoms with van der Waals surface area (Å²) >= 11 is 13.0. The summed E-state index contributed by atoms with van der Waals surface area (Å²) in [6, 6.07) is 30.7. The van der Waals surface area contributed by atoms with Crippen LogP contribution in [0.1, 0.15) is 40.3 Å². The van der Waals surface area contributed by atoms with E-state index in [0.717, 1.165) is 18.4 Å². The number of hydrogen-bond acceptors (Lipinski definition) is 5. The van der Waals surface area contributed by atoms with Crippen LogP contribution in [0, 0.1) is 0 Å². The summed E-state index contributed by atoms with van der Waals surface area (Å²) in [4.78, 5) is 19.7. The third-order valence-corrected chi connectivity index (χ3v) is 8.54. The Kier molecular flexibility index (Phi) is 8.70. The molecule has 0 bridgehead atoms. The van der Waals surface area contributed by atoms with Gasteiger partial charge in [-0.1, -0.05) is 83.9 Å². The number of rotatable bonds is 10. The monoisotopic (exact) mass is 614 g/mol. The molecule has 0 fully saturated rings. The number of aliphatic hydroxyl groups excluding tert-OH is 1. The number of fused-ring (bicyclic) bond motifs is 1. The van der Waals surface area contributed by atoms with E-state index in [9.17, 15) is 4.79 Å². The zero-order chi connectivity index (χ0) is 29.8. The third kappa shape index (κ3) is 6.28. The molecule has 4 aromatic rings. The molecule has 43 heavy (non-hydrogen) atoms. The second-order valence-corrected chi connectivity index (χ2v) is 11.8. The summed E-state index contributed by atoms with van der Waals surface area (Å²) in [6.45, 7) is 0.478. The molecule has 0 unspecified atom stereocenters. The van der Waals surface area contributed by atoms with Crippen molar-refractivity contribution in [1.82, 2.24) is 5.32 Å². The highest BCUT2D eigenvalue weighted by molar-refractivity contribution is 6.35. The number of aliphatic hydroxyl groups is 1. The number of aliphatic imine (C=N–C) groups is 1. The molecule has 6 nitrogen and oxygen atoms in total. The van der Waals surface area contributed by atoms with Gasteiger partial charge in [0.25, 0.3) is 5.91 Å². The highest BCUT2D eigenvalue weighted by Gasteiger charge is 2.54. The number of carbonyl (C=O) groups excluding carboxylic acids is 1. The van der Waals surface area contributed by atoms with Gasteiger partial charge in [0, 0.05) is 46.7 Å². The van der Waals surface area contributed by atoms with Crippen molar-refractivity contribution < 1.29 is 19.4 Å². The van der Waals surface area contributed by atoms with Crippen molar-refractivity contribution in [3.8, 4) is 5.75 Å². The lowest BCUT2D eigenvalue weighted by Crippen LogP contribution is -2.53. The van der Waals surface area contributed by atoms with Crippen LogP contribution in [0.4, 0.5) is 0 Å². The van der Waals surface area contributed by atoms with Crippen LogP contribution in [-0.2, 0) is 28.8 Å². The standard InChI is InChI=1S/C35H32Cl2N2O4/c36-27-13-16-30(31(37)21-27)32-35(22-23-7-2-1-3-8-23,34(41)38-28-19-25-9-4-5-10-26(25)20-28)39-33(43-32)24-11-14-29(15-12-24)42-18-6-17-40/h1-5,7-16,21,28,32,40H,6,17-20,22H2,(H,38,41)/t32-,35-/m1/s1. The smallest absolute Gasteiger partial charge is 0.252 e. The summed E-state index contributed by atoms with van der Waals surface area (Å²) in [5.74, 6) is 0.796. The second kappa shape index (κ2) is 12.8. The number of amides is 1. The van der Waals surface area contributed by atoms with Crippen LogP contribution in [0.3, 0.4) is 0 Å². The number of halogens is 2. The summed E-state index contributed by atoms with van der Waals surface area (Å²) < 4.78 is 12.3. The van der Waals surface area contributed by atoms with E-state index >= 15 is 0 Å². The molecule has 0 saturated carbocycles. The number of carbonyl (C=O) groups is 1. The number of hydrogen-bond donors (Lipinski definition) is 2. The fraction of sp³-hybridized carbons (Fsp3) is 0.257. The van der Waals surface area contributed by atoms with E-state index in [-0.39, 0.29) is 18.6 Å². The molecule has 2 N–H and O–H groups in total. The lowest BCUT2D eigenvalue weighted by molar-refractivity contribution is -0.129. The molecule has 6 rings (SSSR count). The normalized spacial score (nSPS) is 19.4. The Bertz CT molecular complexity index is 1600. The van der Waals surface area contributed by atoms with Gasteiger partial charge in [-0.05, 0) is 65.9 Å². The van der Waals surface area contributed by atoms with Crippen molar-refractivity contribution in [2.45, 2.75) is 43.4 Å². The van der Waals surface area contributed by atoms with E-state index < -0.39 is 11.6 Å². The molecule has 220 valence electrons. The van der Waals surface area contributed by atoms with Crippen molar-refractivity contribution in [2.75, 3.05) is 13.2 Å². The summed E-state index contributed by atoms with van der Waals surface area (Å²) in [5, 5.41) is 13.3. The van der Waals surface area contributed by atoms with Crippen molar-refractivity contribution in [3.63, 3.8) is 0 Å². The topological polar surface area (TPSA) is 80.2 Å². The Morgan fingerprint density at radius 1 is 0.953 bits per heavy atom. The van der Waals surface area contributed by atoms with Crippen LogP contribution in [0.15, 0.2) is 102 Å². The van der Waals surface area contributed by atoms with Crippen molar-refractivity contribution in [2.24, 2.45) is 4.99 Å². The summed E-state index contributed by atoms with van der Waals surface area (Å²) in [5.41, 5.74) is 3.43. The number of ether oxygens (including phenoxy) is 2. The molecule has 0 spiro atoms. The van der Waals surface area contributed by atoms with E-state index in [1.54, 1.807) is 12.1 Å². The lowest BCUT2D eigenvalue weighted by atomic mass is 9.81. The van der Waals surface area contributed by atoms with Gasteiger partial charge in [0.1, 0.15) is 5.75 Å².